The van der Waals surface area contributed by atoms with Crippen LogP contribution in [0.2, 0.25) is 0 Å². The second-order valence-corrected chi connectivity index (χ2v) is 7.70. The SMILES string of the molecule is O=C1CCC(N2Cc3cc(N4CC5(CNC5)C4)ccc3C2=O)C(=O)N1. The summed E-state index contributed by atoms with van der Waals surface area (Å²) < 4.78 is 0. The maximum atomic E-state index is 12.7. The van der Waals surface area contributed by atoms with Gasteiger partial charge >= 0.3 is 0 Å². The fraction of sp³-hybridized carbons (Fsp3) is 0.500. The van der Waals surface area contributed by atoms with Gasteiger partial charge in [-0.25, -0.2) is 0 Å². The fourth-order valence-corrected chi connectivity index (χ4v) is 4.41. The molecule has 130 valence electrons. The molecule has 25 heavy (non-hydrogen) atoms. The summed E-state index contributed by atoms with van der Waals surface area (Å²) in [5.41, 5.74) is 3.25. The van der Waals surface area contributed by atoms with E-state index in [0.717, 1.165) is 37.4 Å². The molecule has 5 rings (SSSR count). The van der Waals surface area contributed by atoms with Crippen LogP contribution >= 0.6 is 0 Å². The molecule has 1 aromatic carbocycles. The van der Waals surface area contributed by atoms with E-state index in [0.29, 0.717) is 23.9 Å². The number of piperidine rings is 1. The van der Waals surface area contributed by atoms with Crippen molar-refractivity contribution in [1.82, 2.24) is 15.5 Å². The van der Waals surface area contributed by atoms with Crippen molar-refractivity contribution < 1.29 is 14.4 Å². The summed E-state index contributed by atoms with van der Waals surface area (Å²) in [5, 5.41) is 5.67. The lowest BCUT2D eigenvalue weighted by Gasteiger charge is -2.57. The van der Waals surface area contributed by atoms with Crippen molar-refractivity contribution in [2.45, 2.75) is 25.4 Å². The van der Waals surface area contributed by atoms with Gasteiger partial charge in [-0.15, -0.1) is 0 Å². The van der Waals surface area contributed by atoms with Gasteiger partial charge in [0, 0.05) is 55.8 Å². The molecule has 3 saturated heterocycles. The maximum absolute atomic E-state index is 12.7. The Kier molecular flexibility index (Phi) is 3.01. The number of hydrogen-bond acceptors (Lipinski definition) is 5. The number of benzene rings is 1. The highest BCUT2D eigenvalue weighted by Crippen LogP contribution is 2.39. The largest absolute Gasteiger partial charge is 0.370 e. The second-order valence-electron chi connectivity index (χ2n) is 7.70. The molecule has 7 heteroatoms. The lowest BCUT2D eigenvalue weighted by atomic mass is 9.74. The minimum absolute atomic E-state index is 0.112. The molecule has 0 aromatic heterocycles. The summed E-state index contributed by atoms with van der Waals surface area (Å²) in [5.74, 6) is -0.732. The van der Waals surface area contributed by atoms with E-state index in [-0.39, 0.29) is 24.1 Å². The van der Waals surface area contributed by atoms with Crippen molar-refractivity contribution in [3.05, 3.63) is 29.3 Å². The number of amides is 3. The maximum Gasteiger partial charge on any atom is 0.255 e. The van der Waals surface area contributed by atoms with Crippen molar-refractivity contribution in [3.63, 3.8) is 0 Å². The molecule has 4 aliphatic heterocycles. The fourth-order valence-electron chi connectivity index (χ4n) is 4.41. The Morgan fingerprint density at radius 3 is 2.60 bits per heavy atom. The van der Waals surface area contributed by atoms with Crippen LogP contribution < -0.4 is 15.5 Å². The number of nitrogens with one attached hydrogen (secondary N) is 2. The number of hydrogen-bond donors (Lipinski definition) is 2. The number of anilines is 1. The first kappa shape index (κ1) is 14.9. The number of carbonyl (C=O) groups is 3. The molecule has 7 nitrogen and oxygen atoms in total. The van der Waals surface area contributed by atoms with Crippen molar-refractivity contribution in [3.8, 4) is 0 Å². The van der Waals surface area contributed by atoms with Crippen LogP contribution in [0.1, 0.15) is 28.8 Å². The van der Waals surface area contributed by atoms with E-state index in [4.69, 9.17) is 0 Å². The van der Waals surface area contributed by atoms with Gasteiger partial charge in [0.15, 0.2) is 0 Å². The summed E-state index contributed by atoms with van der Waals surface area (Å²) in [6.07, 6.45) is 0.685. The highest BCUT2D eigenvalue weighted by Gasteiger charge is 2.48. The number of fused-ring (bicyclic) bond motifs is 1. The van der Waals surface area contributed by atoms with Crippen molar-refractivity contribution in [2.24, 2.45) is 5.41 Å². The standard InChI is InChI=1S/C18H20N4O3/c23-15-4-3-14(16(24)20-15)22-6-11-5-12(1-2-13(11)17(22)25)21-9-18(10-21)7-19-8-18/h1-2,5,14,19H,3-4,6-10H2,(H,20,23,24). The average molecular weight is 340 g/mol. The minimum atomic E-state index is -0.547. The third-order valence-corrected chi connectivity index (χ3v) is 5.92. The number of carbonyl (C=O) groups excluding carboxylic acids is 3. The van der Waals surface area contributed by atoms with Gasteiger partial charge in [0.25, 0.3) is 5.91 Å². The van der Waals surface area contributed by atoms with Crippen molar-refractivity contribution >= 4 is 23.4 Å². The van der Waals surface area contributed by atoms with Crippen LogP contribution in [-0.2, 0) is 16.1 Å². The Bertz CT molecular complexity index is 794. The molecular formula is C18H20N4O3. The van der Waals surface area contributed by atoms with E-state index < -0.39 is 6.04 Å². The number of imide groups is 1. The van der Waals surface area contributed by atoms with Crippen LogP contribution in [0.15, 0.2) is 18.2 Å². The topological polar surface area (TPSA) is 81.8 Å². The summed E-state index contributed by atoms with van der Waals surface area (Å²) in [7, 11) is 0. The molecule has 3 fully saturated rings. The van der Waals surface area contributed by atoms with Gasteiger partial charge in [0.05, 0.1) is 0 Å². The average Bonchev–Trinajstić information content (AvgIpc) is 2.81. The summed E-state index contributed by atoms with van der Waals surface area (Å²) in [6, 6.07) is 5.42. The Balaban J connectivity index is 1.34. The quantitative estimate of drug-likeness (QED) is 0.732. The zero-order chi connectivity index (χ0) is 17.2. The van der Waals surface area contributed by atoms with Crippen LogP contribution in [-0.4, -0.2) is 54.8 Å². The third-order valence-electron chi connectivity index (χ3n) is 5.92. The third kappa shape index (κ3) is 2.18. The van der Waals surface area contributed by atoms with Crippen LogP contribution in [0.4, 0.5) is 5.69 Å². The smallest absolute Gasteiger partial charge is 0.255 e. The molecule has 1 spiro atoms. The predicted molar refractivity (Wildman–Crippen MR) is 90.0 cm³/mol. The highest BCUT2D eigenvalue weighted by atomic mass is 16.2. The highest BCUT2D eigenvalue weighted by molar-refractivity contribution is 6.05. The van der Waals surface area contributed by atoms with E-state index in [9.17, 15) is 14.4 Å². The van der Waals surface area contributed by atoms with Crippen LogP contribution in [0, 0.1) is 5.41 Å². The molecule has 0 radical (unpaired) electrons. The monoisotopic (exact) mass is 340 g/mol. The van der Waals surface area contributed by atoms with Crippen LogP contribution in [0.5, 0.6) is 0 Å². The van der Waals surface area contributed by atoms with E-state index in [1.165, 1.54) is 0 Å². The molecule has 2 N–H and O–H groups in total. The zero-order valence-corrected chi connectivity index (χ0v) is 13.9. The molecule has 1 atom stereocenters. The van der Waals surface area contributed by atoms with Crippen molar-refractivity contribution in [2.75, 3.05) is 31.1 Å². The lowest BCUT2D eigenvalue weighted by molar-refractivity contribution is -0.136. The van der Waals surface area contributed by atoms with E-state index >= 15 is 0 Å². The Hall–Kier alpha value is -2.41. The second kappa shape index (κ2) is 5.05. The normalized spacial score (nSPS) is 27.0. The van der Waals surface area contributed by atoms with Crippen molar-refractivity contribution in [1.29, 1.82) is 0 Å². The van der Waals surface area contributed by atoms with Gasteiger partial charge < -0.3 is 15.1 Å². The predicted octanol–water partition coefficient (Wildman–Crippen LogP) is -0.143. The van der Waals surface area contributed by atoms with Gasteiger partial charge in [0.1, 0.15) is 6.04 Å². The van der Waals surface area contributed by atoms with Crippen LogP contribution in [0.25, 0.3) is 0 Å². The Labute approximate surface area is 145 Å². The first-order chi connectivity index (χ1) is 12.0. The molecule has 0 saturated carbocycles. The summed E-state index contributed by atoms with van der Waals surface area (Å²) in [6.45, 7) is 4.74. The molecule has 4 heterocycles. The van der Waals surface area contributed by atoms with Gasteiger partial charge in [-0.3, -0.25) is 19.7 Å². The van der Waals surface area contributed by atoms with Gasteiger partial charge in [0.2, 0.25) is 11.8 Å². The first-order valence-electron chi connectivity index (χ1n) is 8.78. The zero-order valence-electron chi connectivity index (χ0n) is 13.9. The van der Waals surface area contributed by atoms with Crippen LogP contribution in [0.3, 0.4) is 0 Å². The summed E-state index contributed by atoms with van der Waals surface area (Å²) >= 11 is 0. The molecule has 3 amide bonds. The van der Waals surface area contributed by atoms with Gasteiger partial charge in [-0.1, -0.05) is 0 Å². The molecular weight excluding hydrogens is 320 g/mol. The van der Waals surface area contributed by atoms with Gasteiger partial charge in [-0.05, 0) is 30.2 Å². The number of rotatable bonds is 2. The molecule has 0 bridgehead atoms. The van der Waals surface area contributed by atoms with E-state index in [1.807, 2.05) is 12.1 Å². The lowest BCUT2D eigenvalue weighted by Crippen LogP contribution is -2.71. The molecule has 1 aromatic rings. The number of nitrogens with zero attached hydrogens (tertiary/aromatic N) is 2. The van der Waals surface area contributed by atoms with E-state index in [1.54, 1.807) is 4.90 Å². The molecule has 4 aliphatic rings. The van der Waals surface area contributed by atoms with E-state index in [2.05, 4.69) is 21.6 Å². The molecule has 1 unspecified atom stereocenters. The van der Waals surface area contributed by atoms with Gasteiger partial charge in [-0.2, -0.15) is 0 Å². The Morgan fingerprint density at radius 2 is 1.92 bits per heavy atom. The first-order valence-corrected chi connectivity index (χ1v) is 8.78. The molecule has 0 aliphatic carbocycles. The minimum Gasteiger partial charge on any atom is -0.370 e. The Morgan fingerprint density at radius 1 is 1.12 bits per heavy atom. The summed E-state index contributed by atoms with van der Waals surface area (Å²) in [4.78, 5) is 40.1.